The van der Waals surface area contributed by atoms with Crippen molar-refractivity contribution in [3.05, 3.63) is 81.9 Å². The molecule has 0 unspecified atom stereocenters. The largest absolute Gasteiger partial charge is 0.338 e. The van der Waals surface area contributed by atoms with Crippen LogP contribution < -0.4 is 5.69 Å². The first-order valence-electron chi connectivity index (χ1n) is 11.8. The van der Waals surface area contributed by atoms with Crippen LogP contribution in [0.15, 0.2) is 59.5 Å². The summed E-state index contributed by atoms with van der Waals surface area (Å²) in [5.74, 6) is 1.55. The molecule has 2 aromatic carbocycles. The van der Waals surface area contributed by atoms with Crippen LogP contribution in [0.3, 0.4) is 0 Å². The van der Waals surface area contributed by atoms with Crippen molar-refractivity contribution in [3.8, 4) is 11.4 Å². The lowest BCUT2D eigenvalue weighted by atomic mass is 9.97. The lowest BCUT2D eigenvalue weighted by molar-refractivity contribution is 0.0788. The zero-order valence-corrected chi connectivity index (χ0v) is 19.8. The average Bonchev–Trinajstić information content (AvgIpc) is 3.41. The minimum atomic E-state index is -0.232. The number of hydrogen-bond donors (Lipinski definition) is 1. The molecule has 1 atom stereocenters. The summed E-state index contributed by atoms with van der Waals surface area (Å²) in [5.41, 5.74) is 4.68. The summed E-state index contributed by atoms with van der Waals surface area (Å²) in [5, 5.41) is 0. The molecule has 0 aliphatic carbocycles. The van der Waals surface area contributed by atoms with Gasteiger partial charge in [0.05, 0.1) is 12.7 Å². The Kier molecular flexibility index (Phi) is 5.77. The van der Waals surface area contributed by atoms with Gasteiger partial charge in [-0.3, -0.25) is 9.36 Å². The monoisotopic (exact) mass is 455 g/mol. The Labute approximate surface area is 198 Å². The molecule has 3 heterocycles. The Morgan fingerprint density at radius 2 is 1.91 bits per heavy atom. The topological polar surface area (TPSA) is 83.9 Å². The average molecular weight is 456 g/mol. The number of likely N-dealkylation sites (tertiary alicyclic amines) is 1. The lowest BCUT2D eigenvalue weighted by Crippen LogP contribution is -2.28. The van der Waals surface area contributed by atoms with Gasteiger partial charge in [0, 0.05) is 24.2 Å². The first-order chi connectivity index (χ1) is 16.4. The summed E-state index contributed by atoms with van der Waals surface area (Å²) in [7, 11) is 0. The summed E-state index contributed by atoms with van der Waals surface area (Å²) >= 11 is 0. The SMILES string of the molecule is CC(C)c1ccccc1-c1ncc2[nH]c(=O)n(Cc3ccc(C(=O)N4CC[C@@H](C)C4)cc3)c2n1. The van der Waals surface area contributed by atoms with Crippen LogP contribution in [0.25, 0.3) is 22.6 Å². The molecule has 0 saturated carbocycles. The molecular formula is C27H29N5O2. The standard InChI is InChI=1S/C27H29N5O2/c1-17(2)21-6-4-5-7-22(21)24-28-14-23-25(30-24)32(27(34)29-23)16-19-8-10-20(11-9-19)26(33)31-13-12-18(3)15-31/h4-11,14,17-18H,12-13,15-16H2,1-3H3,(H,29,34)/t18-/m1/s1. The van der Waals surface area contributed by atoms with Gasteiger partial charge in [-0.1, -0.05) is 57.2 Å². The molecule has 1 fully saturated rings. The summed E-state index contributed by atoms with van der Waals surface area (Å²) < 4.78 is 1.62. The van der Waals surface area contributed by atoms with Gasteiger partial charge in [-0.15, -0.1) is 0 Å². The molecule has 1 aliphatic heterocycles. The van der Waals surface area contributed by atoms with Gasteiger partial charge in [0.15, 0.2) is 11.5 Å². The van der Waals surface area contributed by atoms with E-state index in [2.05, 4.69) is 36.8 Å². The van der Waals surface area contributed by atoms with E-state index in [0.29, 0.717) is 40.9 Å². The van der Waals surface area contributed by atoms with Gasteiger partial charge < -0.3 is 9.88 Å². The Hall–Kier alpha value is -3.74. The highest BCUT2D eigenvalue weighted by Gasteiger charge is 2.24. The number of amides is 1. The van der Waals surface area contributed by atoms with Gasteiger partial charge in [-0.25, -0.2) is 14.8 Å². The number of H-pyrrole nitrogens is 1. The van der Waals surface area contributed by atoms with Crippen molar-refractivity contribution in [2.24, 2.45) is 5.92 Å². The predicted molar refractivity (Wildman–Crippen MR) is 133 cm³/mol. The molecule has 0 radical (unpaired) electrons. The van der Waals surface area contributed by atoms with Gasteiger partial charge in [0.2, 0.25) is 0 Å². The van der Waals surface area contributed by atoms with Gasteiger partial charge in [-0.2, -0.15) is 0 Å². The van der Waals surface area contributed by atoms with E-state index in [-0.39, 0.29) is 11.6 Å². The molecule has 1 N–H and O–H groups in total. The number of nitrogens with one attached hydrogen (secondary N) is 1. The van der Waals surface area contributed by atoms with E-state index in [4.69, 9.17) is 4.98 Å². The number of aromatic nitrogens is 4. The van der Waals surface area contributed by atoms with E-state index < -0.39 is 0 Å². The molecule has 34 heavy (non-hydrogen) atoms. The molecule has 7 nitrogen and oxygen atoms in total. The zero-order chi connectivity index (χ0) is 23.8. The minimum Gasteiger partial charge on any atom is -0.338 e. The number of hydrogen-bond acceptors (Lipinski definition) is 4. The predicted octanol–water partition coefficient (Wildman–Crippen LogP) is 4.44. The van der Waals surface area contributed by atoms with Crippen LogP contribution in [0.1, 0.15) is 54.6 Å². The molecule has 174 valence electrons. The fourth-order valence-corrected chi connectivity index (χ4v) is 4.66. The second kappa shape index (κ2) is 8.89. The van der Waals surface area contributed by atoms with Gasteiger partial charge in [-0.05, 0) is 41.5 Å². The summed E-state index contributed by atoms with van der Waals surface area (Å²) in [4.78, 5) is 39.5. The second-order valence-electron chi connectivity index (χ2n) is 9.53. The van der Waals surface area contributed by atoms with E-state index in [1.54, 1.807) is 10.8 Å². The first kappa shape index (κ1) is 22.1. The molecule has 5 rings (SSSR count). The smallest absolute Gasteiger partial charge is 0.328 e. The summed E-state index contributed by atoms with van der Waals surface area (Å²) in [6, 6.07) is 15.6. The van der Waals surface area contributed by atoms with Crippen LogP contribution in [0.4, 0.5) is 0 Å². The van der Waals surface area contributed by atoms with E-state index in [1.165, 1.54) is 5.56 Å². The number of imidazole rings is 1. The number of carbonyl (C=O) groups excluding carboxylic acids is 1. The molecule has 0 bridgehead atoms. The highest BCUT2D eigenvalue weighted by atomic mass is 16.2. The molecule has 2 aromatic heterocycles. The molecule has 1 saturated heterocycles. The number of benzene rings is 2. The highest BCUT2D eigenvalue weighted by molar-refractivity contribution is 5.94. The number of nitrogens with zero attached hydrogens (tertiary/aromatic N) is 4. The molecule has 0 spiro atoms. The van der Waals surface area contributed by atoms with Crippen LogP contribution in [0, 0.1) is 5.92 Å². The number of fused-ring (bicyclic) bond motifs is 1. The normalized spacial score (nSPS) is 16.0. The number of rotatable bonds is 5. The number of aromatic amines is 1. The first-order valence-corrected chi connectivity index (χ1v) is 11.8. The van der Waals surface area contributed by atoms with E-state index in [1.807, 2.05) is 47.4 Å². The Morgan fingerprint density at radius 3 is 2.62 bits per heavy atom. The lowest BCUT2D eigenvalue weighted by Gasteiger charge is -2.16. The third-order valence-corrected chi connectivity index (χ3v) is 6.59. The van der Waals surface area contributed by atoms with Crippen molar-refractivity contribution >= 4 is 17.1 Å². The molecule has 4 aromatic rings. The quantitative estimate of drug-likeness (QED) is 0.482. The van der Waals surface area contributed by atoms with Crippen LogP contribution in [-0.4, -0.2) is 43.4 Å². The maximum atomic E-state index is 12.7. The maximum absolute atomic E-state index is 12.7. The third-order valence-electron chi connectivity index (χ3n) is 6.59. The van der Waals surface area contributed by atoms with Gasteiger partial charge in [0.1, 0.15) is 5.52 Å². The summed E-state index contributed by atoms with van der Waals surface area (Å²) in [6.07, 6.45) is 2.73. The van der Waals surface area contributed by atoms with Crippen molar-refractivity contribution in [2.45, 2.75) is 39.7 Å². The number of carbonyl (C=O) groups is 1. The fourth-order valence-electron chi connectivity index (χ4n) is 4.66. The molecule has 1 amide bonds. The maximum Gasteiger partial charge on any atom is 0.328 e. The zero-order valence-electron chi connectivity index (χ0n) is 19.8. The van der Waals surface area contributed by atoms with Crippen LogP contribution in [0.2, 0.25) is 0 Å². The van der Waals surface area contributed by atoms with Crippen molar-refractivity contribution < 1.29 is 4.79 Å². The van der Waals surface area contributed by atoms with E-state index >= 15 is 0 Å². The van der Waals surface area contributed by atoms with Crippen LogP contribution >= 0.6 is 0 Å². The molecule has 1 aliphatic rings. The highest BCUT2D eigenvalue weighted by Crippen LogP contribution is 2.27. The molecular weight excluding hydrogens is 426 g/mol. The van der Waals surface area contributed by atoms with Crippen molar-refractivity contribution in [1.82, 2.24) is 24.4 Å². The van der Waals surface area contributed by atoms with E-state index in [9.17, 15) is 9.59 Å². The minimum absolute atomic E-state index is 0.0707. The van der Waals surface area contributed by atoms with Crippen molar-refractivity contribution in [1.29, 1.82) is 0 Å². The van der Waals surface area contributed by atoms with Crippen molar-refractivity contribution in [3.63, 3.8) is 0 Å². The third kappa shape index (κ3) is 4.14. The Morgan fingerprint density at radius 1 is 1.15 bits per heavy atom. The summed E-state index contributed by atoms with van der Waals surface area (Å²) in [6.45, 7) is 8.44. The Balaban J connectivity index is 1.44. The van der Waals surface area contributed by atoms with Crippen molar-refractivity contribution in [2.75, 3.05) is 13.1 Å². The Bertz CT molecular complexity index is 1400. The van der Waals surface area contributed by atoms with E-state index in [0.717, 1.165) is 30.6 Å². The molecule has 7 heteroatoms. The van der Waals surface area contributed by atoms with Gasteiger partial charge in [0.25, 0.3) is 5.91 Å². The van der Waals surface area contributed by atoms with Crippen LogP contribution in [0.5, 0.6) is 0 Å². The van der Waals surface area contributed by atoms with Gasteiger partial charge >= 0.3 is 5.69 Å². The fraction of sp³-hybridized carbons (Fsp3) is 0.333. The second-order valence-corrected chi connectivity index (χ2v) is 9.53. The van der Waals surface area contributed by atoms with Crippen LogP contribution in [-0.2, 0) is 6.54 Å².